The second kappa shape index (κ2) is 9.01. The molecule has 1 saturated heterocycles. The molecule has 3 aliphatic rings. The summed E-state index contributed by atoms with van der Waals surface area (Å²) in [5.74, 6) is 0.0589. The molecule has 35 heavy (non-hydrogen) atoms. The predicted molar refractivity (Wildman–Crippen MR) is 135 cm³/mol. The summed E-state index contributed by atoms with van der Waals surface area (Å²) in [5, 5.41) is 24.2. The van der Waals surface area contributed by atoms with Crippen LogP contribution in [-0.2, 0) is 18.7 Å². The van der Waals surface area contributed by atoms with E-state index in [1.807, 2.05) is 23.1 Å². The number of hydrogen-bond acceptors (Lipinski definition) is 5. The molecule has 2 aliphatic heterocycles. The number of aromatic nitrogens is 1. The van der Waals surface area contributed by atoms with Crippen LogP contribution >= 0.6 is 0 Å². The van der Waals surface area contributed by atoms with Crippen molar-refractivity contribution in [1.82, 2.24) is 14.8 Å². The minimum atomic E-state index is -0.809. The van der Waals surface area contributed by atoms with E-state index in [9.17, 15) is 15.0 Å². The molecule has 3 aromatic rings. The lowest BCUT2D eigenvalue weighted by Crippen LogP contribution is -2.45. The van der Waals surface area contributed by atoms with E-state index < -0.39 is 11.7 Å². The van der Waals surface area contributed by atoms with E-state index >= 15 is 0 Å². The van der Waals surface area contributed by atoms with Crippen molar-refractivity contribution in [1.29, 1.82) is 0 Å². The van der Waals surface area contributed by atoms with Gasteiger partial charge >= 0.3 is 0 Å². The average molecular weight is 472 g/mol. The van der Waals surface area contributed by atoms with Gasteiger partial charge in [0, 0.05) is 44.1 Å². The van der Waals surface area contributed by atoms with Gasteiger partial charge in [-0.2, -0.15) is 0 Å². The number of aliphatic hydroxyl groups excluding tert-OH is 1. The Morgan fingerprint density at radius 3 is 2.46 bits per heavy atom. The number of carbonyl (C=O) groups is 1. The van der Waals surface area contributed by atoms with Crippen molar-refractivity contribution >= 4 is 16.7 Å². The normalized spacial score (nSPS) is 24.6. The van der Waals surface area contributed by atoms with Crippen molar-refractivity contribution in [2.45, 2.75) is 69.4 Å². The summed E-state index contributed by atoms with van der Waals surface area (Å²) in [6.45, 7) is 2.91. The smallest absolute Gasteiger partial charge is 0.254 e. The van der Waals surface area contributed by atoms with Crippen LogP contribution in [0.25, 0.3) is 10.8 Å². The second-order valence-corrected chi connectivity index (χ2v) is 10.5. The Bertz CT molecular complexity index is 1240. The Hall–Kier alpha value is -2.80. The quantitative estimate of drug-likeness (QED) is 0.602. The zero-order valence-corrected chi connectivity index (χ0v) is 20.1. The summed E-state index contributed by atoms with van der Waals surface area (Å²) in [6, 6.07) is 14.2. The van der Waals surface area contributed by atoms with Crippen LogP contribution in [0.1, 0.15) is 65.6 Å². The number of hydrogen-bond donors (Lipinski definition) is 2. The molecule has 2 N–H and O–H groups in total. The lowest BCUT2D eigenvalue weighted by molar-refractivity contribution is -0.0277. The maximum atomic E-state index is 13.5. The van der Waals surface area contributed by atoms with Crippen molar-refractivity contribution in [3.8, 4) is 0 Å². The fourth-order valence-electron chi connectivity index (χ4n) is 6.40. The van der Waals surface area contributed by atoms with Crippen molar-refractivity contribution in [2.75, 3.05) is 13.1 Å². The Morgan fingerprint density at radius 1 is 1.00 bits per heavy atom. The van der Waals surface area contributed by atoms with Crippen LogP contribution in [0, 0.1) is 0 Å². The molecule has 2 fully saturated rings. The summed E-state index contributed by atoms with van der Waals surface area (Å²) >= 11 is 0. The highest BCUT2D eigenvalue weighted by molar-refractivity contribution is 6.05. The molecule has 2 atom stereocenters. The molecule has 1 amide bonds. The number of nitrogens with zero attached hydrogens (tertiary/aromatic N) is 3. The molecule has 0 bridgehead atoms. The van der Waals surface area contributed by atoms with E-state index in [4.69, 9.17) is 0 Å². The molecule has 0 spiro atoms. The Morgan fingerprint density at radius 2 is 1.71 bits per heavy atom. The SMILES string of the molecule is O=C1c2cc(CN3CCC(O)(c4ccncc4)CC3)c3ccccc3c2CN1C1CCCCC1O. The first kappa shape index (κ1) is 22.7. The maximum Gasteiger partial charge on any atom is 0.254 e. The molecule has 1 saturated carbocycles. The molecular weight excluding hydrogens is 438 g/mol. The lowest BCUT2D eigenvalue weighted by atomic mass is 9.84. The molecular formula is C29H33N3O3. The fraction of sp³-hybridized carbons (Fsp3) is 0.448. The number of aliphatic hydroxyl groups is 2. The summed E-state index contributed by atoms with van der Waals surface area (Å²) < 4.78 is 0. The van der Waals surface area contributed by atoms with Gasteiger partial charge in [-0.1, -0.05) is 37.1 Å². The number of rotatable bonds is 4. The lowest BCUT2D eigenvalue weighted by Gasteiger charge is -2.38. The molecule has 6 nitrogen and oxygen atoms in total. The van der Waals surface area contributed by atoms with Crippen LogP contribution in [0.15, 0.2) is 54.9 Å². The number of carbonyl (C=O) groups excluding carboxylic acids is 1. The standard InChI is InChI=1S/C29H33N3O3/c33-27-8-4-3-7-26(27)32-19-25-23-6-2-1-5-22(23)20(17-24(25)28(32)34)18-31-15-11-29(35,12-16-31)21-9-13-30-14-10-21/h1-2,5-6,9-10,13-14,17,26-27,33,35H,3-4,7-8,11-12,15-16,18-19H2. The number of likely N-dealkylation sites (tertiary alicyclic amines) is 1. The number of fused-ring (bicyclic) bond motifs is 3. The molecule has 182 valence electrons. The predicted octanol–water partition coefficient (Wildman–Crippen LogP) is 3.98. The van der Waals surface area contributed by atoms with Gasteiger partial charge in [-0.05, 0) is 71.3 Å². The number of pyridine rings is 1. The van der Waals surface area contributed by atoms with Crippen LogP contribution in [0.5, 0.6) is 0 Å². The van der Waals surface area contributed by atoms with Gasteiger partial charge in [0.05, 0.1) is 17.7 Å². The van der Waals surface area contributed by atoms with Crippen LogP contribution < -0.4 is 0 Å². The number of piperidine rings is 1. The molecule has 6 heteroatoms. The Labute approximate surface area is 206 Å². The monoisotopic (exact) mass is 471 g/mol. The minimum Gasteiger partial charge on any atom is -0.391 e. The molecule has 1 aliphatic carbocycles. The third kappa shape index (κ3) is 4.03. The molecule has 6 rings (SSSR count). The van der Waals surface area contributed by atoms with E-state index in [0.29, 0.717) is 19.4 Å². The molecule has 2 unspecified atom stereocenters. The average Bonchev–Trinajstić information content (AvgIpc) is 3.22. The molecule has 1 aromatic heterocycles. The second-order valence-electron chi connectivity index (χ2n) is 10.5. The maximum absolute atomic E-state index is 13.5. The van der Waals surface area contributed by atoms with Crippen LogP contribution in [-0.4, -0.2) is 56.1 Å². The fourth-order valence-corrected chi connectivity index (χ4v) is 6.40. The van der Waals surface area contributed by atoms with Crippen LogP contribution in [0.4, 0.5) is 0 Å². The van der Waals surface area contributed by atoms with E-state index in [2.05, 4.69) is 34.1 Å². The van der Waals surface area contributed by atoms with Crippen molar-refractivity contribution in [3.05, 3.63) is 77.1 Å². The van der Waals surface area contributed by atoms with E-state index in [0.717, 1.165) is 73.0 Å². The molecule has 0 radical (unpaired) electrons. The number of amides is 1. The summed E-state index contributed by atoms with van der Waals surface area (Å²) in [5.41, 5.74) is 3.18. The van der Waals surface area contributed by atoms with Gasteiger partial charge in [0.25, 0.3) is 5.91 Å². The van der Waals surface area contributed by atoms with E-state index in [-0.39, 0.29) is 11.9 Å². The summed E-state index contributed by atoms with van der Waals surface area (Å²) in [4.78, 5) is 21.9. The zero-order valence-electron chi connectivity index (χ0n) is 20.1. The largest absolute Gasteiger partial charge is 0.391 e. The highest BCUT2D eigenvalue weighted by Gasteiger charge is 2.39. The molecule has 3 heterocycles. The van der Waals surface area contributed by atoms with E-state index in [1.54, 1.807) is 12.4 Å². The molecule has 2 aromatic carbocycles. The first-order chi connectivity index (χ1) is 17.0. The van der Waals surface area contributed by atoms with Crippen molar-refractivity contribution in [3.63, 3.8) is 0 Å². The Kier molecular flexibility index (Phi) is 5.83. The highest BCUT2D eigenvalue weighted by atomic mass is 16.3. The third-order valence-electron chi connectivity index (χ3n) is 8.45. The first-order valence-corrected chi connectivity index (χ1v) is 12.9. The van der Waals surface area contributed by atoms with Gasteiger partial charge in [-0.3, -0.25) is 14.7 Å². The van der Waals surface area contributed by atoms with Crippen molar-refractivity contribution < 1.29 is 15.0 Å². The van der Waals surface area contributed by atoms with Gasteiger partial charge in [0.15, 0.2) is 0 Å². The van der Waals surface area contributed by atoms with Gasteiger partial charge in [-0.15, -0.1) is 0 Å². The van der Waals surface area contributed by atoms with Gasteiger partial charge in [0.1, 0.15) is 0 Å². The highest BCUT2D eigenvalue weighted by Crippen LogP contribution is 2.38. The van der Waals surface area contributed by atoms with E-state index in [1.165, 1.54) is 5.39 Å². The minimum absolute atomic E-state index is 0.0589. The van der Waals surface area contributed by atoms with Gasteiger partial charge < -0.3 is 15.1 Å². The van der Waals surface area contributed by atoms with Gasteiger partial charge in [0.2, 0.25) is 0 Å². The Balaban J connectivity index is 1.26. The third-order valence-corrected chi connectivity index (χ3v) is 8.45. The van der Waals surface area contributed by atoms with Crippen LogP contribution in [0.3, 0.4) is 0 Å². The number of benzene rings is 2. The topological polar surface area (TPSA) is 76.9 Å². The zero-order chi connectivity index (χ0) is 24.0. The first-order valence-electron chi connectivity index (χ1n) is 12.9. The summed E-state index contributed by atoms with van der Waals surface area (Å²) in [6.07, 6.45) is 8.14. The van der Waals surface area contributed by atoms with Gasteiger partial charge in [-0.25, -0.2) is 0 Å². The van der Waals surface area contributed by atoms with Crippen LogP contribution in [0.2, 0.25) is 0 Å². The van der Waals surface area contributed by atoms with Crippen molar-refractivity contribution in [2.24, 2.45) is 0 Å². The summed E-state index contributed by atoms with van der Waals surface area (Å²) in [7, 11) is 0.